The zero-order valence-electron chi connectivity index (χ0n) is 18.9. The number of amidine groups is 2. The van der Waals surface area contributed by atoms with Crippen molar-refractivity contribution in [3.63, 3.8) is 0 Å². The van der Waals surface area contributed by atoms with E-state index in [9.17, 15) is 4.79 Å². The zero-order valence-corrected chi connectivity index (χ0v) is 18.9. The van der Waals surface area contributed by atoms with Crippen molar-refractivity contribution >= 4 is 29.2 Å². The highest BCUT2D eigenvalue weighted by Gasteiger charge is 2.32. The average Bonchev–Trinajstić information content (AvgIpc) is 2.89. The number of benzene rings is 2. The Labute approximate surface area is 200 Å². The molecule has 2 aromatic carbocycles. The van der Waals surface area contributed by atoms with Crippen LogP contribution in [0.2, 0.25) is 0 Å². The first-order valence-electron chi connectivity index (χ1n) is 10.4. The van der Waals surface area contributed by atoms with Crippen LogP contribution in [0, 0.1) is 11.2 Å². The molecule has 1 aliphatic heterocycles. The van der Waals surface area contributed by atoms with E-state index in [1.54, 1.807) is 30.3 Å². The number of nitrogens with zero attached hydrogens (tertiary/aromatic N) is 4. The molecular weight excluding hydrogens is 455 g/mol. The second kappa shape index (κ2) is 10.0. The van der Waals surface area contributed by atoms with Crippen molar-refractivity contribution in [2.75, 3.05) is 31.1 Å². The quantitative estimate of drug-likeness (QED) is 0.284. The van der Waals surface area contributed by atoms with Crippen molar-refractivity contribution < 1.29 is 18.7 Å². The molecule has 0 aliphatic carbocycles. The summed E-state index contributed by atoms with van der Waals surface area (Å²) in [5.41, 5.74) is 9.74. The monoisotopic (exact) mass is 478 g/mol. The number of methoxy groups -OCH3 is 2. The van der Waals surface area contributed by atoms with Gasteiger partial charge in [0.1, 0.15) is 30.0 Å². The number of aromatic nitrogens is 2. The molecular formula is C23H23FN8O3. The average molecular weight is 478 g/mol. The summed E-state index contributed by atoms with van der Waals surface area (Å²) in [5, 5.41) is 12.0. The van der Waals surface area contributed by atoms with E-state index in [0.29, 0.717) is 17.0 Å². The second-order valence-corrected chi connectivity index (χ2v) is 7.39. The van der Waals surface area contributed by atoms with Crippen LogP contribution in [0.1, 0.15) is 17.2 Å². The van der Waals surface area contributed by atoms with Gasteiger partial charge in [-0.3, -0.25) is 20.6 Å². The van der Waals surface area contributed by atoms with Gasteiger partial charge in [0.15, 0.2) is 11.6 Å². The lowest BCUT2D eigenvalue weighted by atomic mass is 10.0. The topological polar surface area (TPSA) is 151 Å². The van der Waals surface area contributed by atoms with Crippen LogP contribution < -0.4 is 31.0 Å². The van der Waals surface area contributed by atoms with Crippen LogP contribution in [0.15, 0.2) is 59.9 Å². The Morgan fingerprint density at radius 2 is 1.91 bits per heavy atom. The van der Waals surface area contributed by atoms with E-state index in [1.165, 1.54) is 38.7 Å². The molecule has 0 bridgehead atoms. The molecule has 1 aliphatic rings. The third-order valence-corrected chi connectivity index (χ3v) is 5.20. The maximum atomic E-state index is 15.5. The van der Waals surface area contributed by atoms with Gasteiger partial charge >= 0.3 is 0 Å². The first-order valence-corrected chi connectivity index (χ1v) is 10.4. The van der Waals surface area contributed by atoms with Crippen molar-refractivity contribution in [3.05, 3.63) is 71.8 Å². The van der Waals surface area contributed by atoms with E-state index in [4.69, 9.17) is 20.6 Å². The SMILES string of the molecule is COc1cc(OC)c(F)c(C(Nc2ccc(C(=N)N)cc2)C2=NCC(=O)N(c3ncccn3)N2)c1. The van der Waals surface area contributed by atoms with Gasteiger partial charge in [-0.1, -0.05) is 0 Å². The van der Waals surface area contributed by atoms with Crippen molar-refractivity contribution in [1.82, 2.24) is 15.4 Å². The van der Waals surface area contributed by atoms with Gasteiger partial charge in [0.2, 0.25) is 0 Å². The highest BCUT2D eigenvalue weighted by Crippen LogP contribution is 2.33. The maximum Gasteiger partial charge on any atom is 0.270 e. The van der Waals surface area contributed by atoms with Crippen LogP contribution in [0.4, 0.5) is 16.0 Å². The van der Waals surface area contributed by atoms with Gasteiger partial charge in [-0.25, -0.2) is 14.4 Å². The van der Waals surface area contributed by atoms with Gasteiger partial charge < -0.3 is 20.5 Å². The molecule has 12 heteroatoms. The predicted octanol–water partition coefficient (Wildman–Crippen LogP) is 2.02. The summed E-state index contributed by atoms with van der Waals surface area (Å²) in [5.74, 6) is -0.378. The Morgan fingerprint density at radius 3 is 2.54 bits per heavy atom. The Hall–Kier alpha value is -4.74. The van der Waals surface area contributed by atoms with Gasteiger partial charge in [0, 0.05) is 35.3 Å². The molecule has 0 saturated heterocycles. The number of rotatable bonds is 8. The van der Waals surface area contributed by atoms with Crippen LogP contribution in [0.3, 0.4) is 0 Å². The molecule has 1 aromatic heterocycles. The Kier molecular flexibility index (Phi) is 6.71. The summed E-state index contributed by atoms with van der Waals surface area (Å²) < 4.78 is 26.0. The van der Waals surface area contributed by atoms with Crippen LogP contribution in [0.25, 0.3) is 0 Å². The number of nitrogens with one attached hydrogen (secondary N) is 3. The normalized spacial score (nSPS) is 14.0. The van der Waals surface area contributed by atoms with Gasteiger partial charge in [0.05, 0.1) is 14.2 Å². The number of hydrogen-bond donors (Lipinski definition) is 4. The maximum absolute atomic E-state index is 15.5. The summed E-state index contributed by atoms with van der Waals surface area (Å²) in [6, 6.07) is 10.4. The zero-order chi connectivity index (χ0) is 24.9. The van der Waals surface area contributed by atoms with Crippen LogP contribution in [-0.2, 0) is 4.79 Å². The van der Waals surface area contributed by atoms with Crippen LogP contribution in [0.5, 0.6) is 11.5 Å². The van der Waals surface area contributed by atoms with Gasteiger partial charge in [-0.05, 0) is 36.4 Å². The van der Waals surface area contributed by atoms with Crippen LogP contribution in [-0.4, -0.2) is 48.3 Å². The van der Waals surface area contributed by atoms with E-state index in [2.05, 4.69) is 25.7 Å². The van der Waals surface area contributed by atoms with Crippen molar-refractivity contribution in [1.29, 1.82) is 5.41 Å². The predicted molar refractivity (Wildman–Crippen MR) is 128 cm³/mol. The highest BCUT2D eigenvalue weighted by molar-refractivity contribution is 6.04. The Bertz CT molecular complexity index is 1270. The number of aliphatic imine (C=N–C) groups is 1. The molecule has 4 rings (SSSR count). The number of hydrogen-bond acceptors (Lipinski definition) is 9. The summed E-state index contributed by atoms with van der Waals surface area (Å²) in [4.78, 5) is 25.1. The molecule has 1 amide bonds. The summed E-state index contributed by atoms with van der Waals surface area (Å²) in [6.07, 6.45) is 3.00. The molecule has 0 fully saturated rings. The van der Waals surface area contributed by atoms with Crippen LogP contribution >= 0.6 is 0 Å². The fourth-order valence-corrected chi connectivity index (χ4v) is 3.44. The number of ether oxygens (including phenoxy) is 2. The summed E-state index contributed by atoms with van der Waals surface area (Å²) >= 11 is 0. The first kappa shape index (κ1) is 23.4. The van der Waals surface area contributed by atoms with Crippen molar-refractivity contribution in [2.24, 2.45) is 10.7 Å². The standard InChI is InChI=1S/C23H23FN8O3/c1-34-15-10-16(19(24)17(11-15)35-2)20(30-14-6-4-13(5-7-14)21(25)26)22-29-12-18(33)32(31-22)23-27-8-3-9-28-23/h3-11,20,30H,12H2,1-2H3,(H3,25,26)(H,29,31). The molecule has 1 atom stereocenters. The summed E-state index contributed by atoms with van der Waals surface area (Å²) in [7, 11) is 2.82. The number of halogens is 1. The van der Waals surface area contributed by atoms with E-state index in [1.807, 2.05) is 0 Å². The third-order valence-electron chi connectivity index (χ3n) is 5.20. The van der Waals surface area contributed by atoms with Gasteiger partial charge in [-0.15, -0.1) is 0 Å². The lowest BCUT2D eigenvalue weighted by molar-refractivity contribution is -0.118. The number of carbonyl (C=O) groups excluding carboxylic acids is 1. The Morgan fingerprint density at radius 1 is 1.20 bits per heavy atom. The van der Waals surface area contributed by atoms with Gasteiger partial charge in [-0.2, -0.15) is 5.01 Å². The molecule has 2 heterocycles. The van der Waals surface area contributed by atoms with E-state index >= 15 is 4.39 Å². The lowest BCUT2D eigenvalue weighted by Crippen LogP contribution is -2.54. The fourth-order valence-electron chi connectivity index (χ4n) is 3.44. The number of anilines is 2. The number of carbonyl (C=O) groups is 1. The minimum atomic E-state index is -0.901. The number of nitrogens with two attached hydrogens (primary N) is 1. The molecule has 1 unspecified atom stereocenters. The molecule has 0 spiro atoms. The summed E-state index contributed by atoms with van der Waals surface area (Å²) in [6.45, 7) is -0.204. The lowest BCUT2D eigenvalue weighted by Gasteiger charge is -2.31. The van der Waals surface area contributed by atoms with Crippen molar-refractivity contribution in [2.45, 2.75) is 6.04 Å². The molecule has 0 saturated carbocycles. The minimum absolute atomic E-state index is 0.0196. The first-order chi connectivity index (χ1) is 16.9. The van der Waals surface area contributed by atoms with E-state index < -0.39 is 11.9 Å². The highest BCUT2D eigenvalue weighted by atomic mass is 19.1. The molecule has 5 N–H and O–H groups in total. The largest absolute Gasteiger partial charge is 0.497 e. The number of nitrogen functional groups attached to an aromatic ring is 1. The number of amides is 1. The van der Waals surface area contributed by atoms with E-state index in [-0.39, 0.29) is 41.4 Å². The number of hydrazine groups is 1. The molecule has 3 aromatic rings. The minimum Gasteiger partial charge on any atom is -0.497 e. The van der Waals surface area contributed by atoms with E-state index in [0.717, 1.165) is 5.01 Å². The second-order valence-electron chi connectivity index (χ2n) is 7.39. The van der Waals surface area contributed by atoms with Gasteiger partial charge in [0.25, 0.3) is 11.9 Å². The molecule has 180 valence electrons. The fraction of sp³-hybridized carbons (Fsp3) is 0.174. The van der Waals surface area contributed by atoms with Crippen molar-refractivity contribution in [3.8, 4) is 11.5 Å². The molecule has 0 radical (unpaired) electrons. The third kappa shape index (κ3) is 4.95. The molecule has 11 nitrogen and oxygen atoms in total. The smallest absolute Gasteiger partial charge is 0.270 e. The Balaban J connectivity index is 1.77. The molecule has 35 heavy (non-hydrogen) atoms.